The lowest BCUT2D eigenvalue weighted by molar-refractivity contribution is -0.136. The first-order chi connectivity index (χ1) is 26.4. The molecule has 4 atom stereocenters. The summed E-state index contributed by atoms with van der Waals surface area (Å²) < 4.78 is 7.11. The molecule has 0 aliphatic carbocycles. The molecule has 6 heterocycles. The molecule has 55 heavy (non-hydrogen) atoms. The van der Waals surface area contributed by atoms with Crippen LogP contribution >= 0.6 is 22.7 Å². The van der Waals surface area contributed by atoms with Gasteiger partial charge < -0.3 is 40.2 Å². The van der Waals surface area contributed by atoms with Gasteiger partial charge in [-0.05, 0) is 60.8 Å². The Morgan fingerprint density at radius 1 is 0.764 bits per heavy atom. The second-order valence-corrected chi connectivity index (χ2v) is 17.0. The number of imidazole rings is 2. The van der Waals surface area contributed by atoms with Crippen molar-refractivity contribution in [3.63, 3.8) is 0 Å². The number of carboxylic acid groups (broad SMARTS) is 1. The van der Waals surface area contributed by atoms with Gasteiger partial charge in [-0.15, -0.1) is 22.7 Å². The number of nitrogens with zero attached hydrogens (tertiary/aromatic N) is 4. The number of ether oxygens (including phenoxy) is 1. The number of fused-ring (bicyclic) bond motifs is 1. The van der Waals surface area contributed by atoms with Gasteiger partial charge in [0.2, 0.25) is 11.8 Å². The number of aromatic nitrogens is 4. The first-order valence-electron chi connectivity index (χ1n) is 18.6. The van der Waals surface area contributed by atoms with Crippen molar-refractivity contribution in [1.29, 1.82) is 0 Å². The van der Waals surface area contributed by atoms with E-state index in [2.05, 4.69) is 62.0 Å². The first-order valence-corrected chi connectivity index (χ1v) is 20.2. The molecular weight excluding hydrogens is 741 g/mol. The molecule has 5 N–H and O–H groups in total. The molecule has 1 unspecified atom stereocenters. The van der Waals surface area contributed by atoms with Crippen LogP contribution in [0.3, 0.4) is 0 Å². The van der Waals surface area contributed by atoms with Crippen LogP contribution in [-0.2, 0) is 14.3 Å². The standard InChI is InChI=1S/C39H46N8O6S2/c1-20(2)32(44-38(50)51)36(48)46-14-6-8-26(46)34-40-18-24(42-34)22-10-12-23(13-11-22)28-16-30-31(54-28)17-29(55-30)25-19-41-35(43-25)27-9-7-15-47(27)37(49)33(21(3)4)45-39(52)53-5/h10-13,16-21,26-27,32-33,44H,6-9,14-15H2,1-5H3,(H,40,42)(H,41,43)(H,45,52)(H,50,51)/t26-,27?,32-,33-/m0/s1. The van der Waals surface area contributed by atoms with Gasteiger partial charge in [0.1, 0.15) is 23.7 Å². The molecule has 290 valence electrons. The monoisotopic (exact) mass is 786 g/mol. The number of rotatable bonds is 11. The summed E-state index contributed by atoms with van der Waals surface area (Å²) in [6, 6.07) is 10.8. The Kier molecular flexibility index (Phi) is 11.0. The van der Waals surface area contributed by atoms with Crippen LogP contribution in [0.1, 0.15) is 77.1 Å². The van der Waals surface area contributed by atoms with Crippen molar-refractivity contribution in [2.24, 2.45) is 11.8 Å². The summed E-state index contributed by atoms with van der Waals surface area (Å²) in [6.07, 6.45) is 5.01. The number of nitrogens with one attached hydrogen (secondary N) is 4. The SMILES string of the molecule is COC(=O)N[C@H](C(=O)N1CCCC1c1ncc(-c2cc3sc(-c4ccc(-c5cnc([C@@H]6CCCN6C(=O)[C@@H](NC(=O)O)C(C)C)[nH]5)cc4)cc3s2)[nH]1)C(C)C. The van der Waals surface area contributed by atoms with Crippen LogP contribution in [0.4, 0.5) is 9.59 Å². The van der Waals surface area contributed by atoms with Gasteiger partial charge in [-0.2, -0.15) is 0 Å². The van der Waals surface area contributed by atoms with Crippen molar-refractivity contribution in [2.75, 3.05) is 20.2 Å². The van der Waals surface area contributed by atoms with Crippen LogP contribution in [0.25, 0.3) is 41.7 Å². The third-order valence-corrected chi connectivity index (χ3v) is 12.8. The molecule has 5 aromatic rings. The van der Waals surface area contributed by atoms with Crippen LogP contribution in [0, 0.1) is 11.8 Å². The molecule has 2 saturated heterocycles. The zero-order valence-electron chi connectivity index (χ0n) is 31.4. The van der Waals surface area contributed by atoms with Crippen molar-refractivity contribution in [3.05, 3.63) is 60.4 Å². The third-order valence-electron chi connectivity index (χ3n) is 10.5. The van der Waals surface area contributed by atoms with Gasteiger partial charge >= 0.3 is 12.2 Å². The predicted octanol–water partition coefficient (Wildman–Crippen LogP) is 7.41. The maximum atomic E-state index is 13.5. The smallest absolute Gasteiger partial charge is 0.407 e. The summed E-state index contributed by atoms with van der Waals surface area (Å²) in [7, 11) is 1.29. The van der Waals surface area contributed by atoms with Crippen molar-refractivity contribution >= 4 is 56.1 Å². The van der Waals surface area contributed by atoms with Crippen LogP contribution in [0.2, 0.25) is 0 Å². The van der Waals surface area contributed by atoms with E-state index < -0.39 is 24.3 Å². The fourth-order valence-corrected chi connectivity index (χ4v) is 9.91. The lowest BCUT2D eigenvalue weighted by atomic mass is 10.0. The van der Waals surface area contributed by atoms with E-state index >= 15 is 0 Å². The molecule has 0 bridgehead atoms. The van der Waals surface area contributed by atoms with Gasteiger partial charge in [0.05, 0.1) is 47.9 Å². The molecule has 0 spiro atoms. The molecule has 14 nitrogen and oxygen atoms in total. The summed E-state index contributed by atoms with van der Waals surface area (Å²) in [6.45, 7) is 8.63. The minimum absolute atomic E-state index is 0.102. The zero-order valence-corrected chi connectivity index (χ0v) is 33.1. The highest BCUT2D eigenvalue weighted by Gasteiger charge is 2.39. The van der Waals surface area contributed by atoms with E-state index in [9.17, 15) is 24.3 Å². The summed E-state index contributed by atoms with van der Waals surface area (Å²) >= 11 is 3.42. The van der Waals surface area contributed by atoms with Crippen molar-refractivity contribution in [1.82, 2.24) is 40.4 Å². The minimum atomic E-state index is -1.21. The predicted molar refractivity (Wildman–Crippen MR) is 212 cm³/mol. The molecule has 16 heteroatoms. The molecular formula is C39H46N8O6S2. The van der Waals surface area contributed by atoms with E-state index in [0.717, 1.165) is 63.8 Å². The number of alkyl carbamates (subject to hydrolysis) is 1. The Labute approximate surface area is 326 Å². The topological polar surface area (TPSA) is 186 Å². The van der Waals surface area contributed by atoms with E-state index in [1.165, 1.54) is 16.5 Å². The number of methoxy groups -OCH3 is 1. The number of H-pyrrole nitrogens is 2. The number of carbonyl (C=O) groups excluding carboxylic acids is 3. The van der Waals surface area contributed by atoms with Crippen molar-refractivity contribution < 1.29 is 29.0 Å². The minimum Gasteiger partial charge on any atom is -0.465 e. The fourth-order valence-electron chi connectivity index (χ4n) is 7.54. The normalized spacial score (nSPS) is 18.3. The summed E-state index contributed by atoms with van der Waals surface area (Å²) in [5.41, 5.74) is 3.84. The molecule has 4 amide bonds. The van der Waals surface area contributed by atoms with Crippen LogP contribution in [-0.4, -0.2) is 91.1 Å². The van der Waals surface area contributed by atoms with Gasteiger partial charge in [0.15, 0.2) is 0 Å². The molecule has 2 aliphatic rings. The van der Waals surface area contributed by atoms with Gasteiger partial charge in [-0.3, -0.25) is 9.59 Å². The Morgan fingerprint density at radius 2 is 1.25 bits per heavy atom. The summed E-state index contributed by atoms with van der Waals surface area (Å²) in [5, 5.41) is 14.4. The van der Waals surface area contributed by atoms with E-state index in [-0.39, 0.29) is 35.7 Å². The quantitative estimate of drug-likeness (QED) is 0.0916. The number of hydrogen-bond donors (Lipinski definition) is 5. The van der Waals surface area contributed by atoms with Crippen molar-refractivity contribution in [2.45, 2.75) is 77.5 Å². The van der Waals surface area contributed by atoms with E-state index in [0.29, 0.717) is 18.9 Å². The largest absolute Gasteiger partial charge is 0.465 e. The molecule has 4 aromatic heterocycles. The van der Waals surface area contributed by atoms with Gasteiger partial charge in [0, 0.05) is 27.4 Å². The lowest BCUT2D eigenvalue weighted by Crippen LogP contribution is -2.51. The lowest BCUT2D eigenvalue weighted by Gasteiger charge is -2.30. The number of carbonyl (C=O) groups is 4. The molecule has 0 radical (unpaired) electrons. The molecule has 1 aromatic carbocycles. The van der Waals surface area contributed by atoms with Crippen molar-refractivity contribution in [3.8, 4) is 32.3 Å². The number of hydrogen-bond acceptors (Lipinski definition) is 9. The first kappa shape index (κ1) is 38.1. The van der Waals surface area contributed by atoms with E-state index in [1.807, 2.05) is 38.8 Å². The second-order valence-electron chi connectivity index (χ2n) is 14.8. The fraction of sp³-hybridized carbons (Fsp3) is 0.436. The molecule has 2 aliphatic heterocycles. The highest BCUT2D eigenvalue weighted by molar-refractivity contribution is 7.31. The van der Waals surface area contributed by atoms with E-state index in [1.54, 1.807) is 33.8 Å². The maximum absolute atomic E-state index is 13.5. The average molecular weight is 787 g/mol. The number of amides is 4. The Morgan fingerprint density at radius 3 is 1.80 bits per heavy atom. The average Bonchev–Trinajstić information content (AvgIpc) is 4.00. The van der Waals surface area contributed by atoms with Gasteiger partial charge in [-0.1, -0.05) is 52.0 Å². The Hall–Kier alpha value is -5.22. The Bertz CT molecular complexity index is 2150. The Balaban J connectivity index is 1.02. The number of thiophene rings is 2. The third kappa shape index (κ3) is 7.83. The summed E-state index contributed by atoms with van der Waals surface area (Å²) in [5.74, 6) is 0.794. The highest BCUT2D eigenvalue weighted by atomic mass is 32.1. The zero-order chi connectivity index (χ0) is 39.0. The molecule has 7 rings (SSSR count). The van der Waals surface area contributed by atoms with E-state index in [4.69, 9.17) is 9.72 Å². The van der Waals surface area contributed by atoms with Crippen LogP contribution in [0.15, 0.2) is 48.8 Å². The number of aromatic amines is 2. The number of benzene rings is 1. The number of likely N-dealkylation sites (tertiary alicyclic amines) is 2. The van der Waals surface area contributed by atoms with Crippen LogP contribution < -0.4 is 10.6 Å². The highest BCUT2D eigenvalue weighted by Crippen LogP contribution is 2.42. The maximum Gasteiger partial charge on any atom is 0.407 e. The van der Waals surface area contributed by atoms with Crippen LogP contribution in [0.5, 0.6) is 0 Å². The molecule has 0 saturated carbocycles. The van der Waals surface area contributed by atoms with Gasteiger partial charge in [-0.25, -0.2) is 19.6 Å². The van der Waals surface area contributed by atoms with Gasteiger partial charge in [0.25, 0.3) is 0 Å². The molecule has 2 fully saturated rings. The second kappa shape index (κ2) is 15.9. The summed E-state index contributed by atoms with van der Waals surface area (Å²) in [4.78, 5) is 72.3.